The van der Waals surface area contributed by atoms with Crippen LogP contribution in [0.1, 0.15) is 30.8 Å². The Morgan fingerprint density at radius 2 is 2.06 bits per heavy atom. The van der Waals surface area contributed by atoms with Crippen molar-refractivity contribution < 1.29 is 4.74 Å². The molecule has 2 heterocycles. The van der Waals surface area contributed by atoms with Gasteiger partial charge in [0.05, 0.1) is 18.8 Å². The van der Waals surface area contributed by atoms with Gasteiger partial charge in [0.15, 0.2) is 0 Å². The Bertz CT molecular complexity index is 489. The van der Waals surface area contributed by atoms with Gasteiger partial charge in [-0.05, 0) is 24.1 Å². The highest BCUT2D eigenvalue weighted by molar-refractivity contribution is 5.29. The zero-order chi connectivity index (χ0) is 12.8. The smallest absolute Gasteiger partial charge is 0.149 e. The fourth-order valence-corrected chi connectivity index (χ4v) is 1.52. The maximum Gasteiger partial charge on any atom is 0.149 e. The number of rotatable bonds is 5. The van der Waals surface area contributed by atoms with Crippen LogP contribution < -0.4 is 10.5 Å². The number of nitrogens with zero attached hydrogens (tertiary/aromatic N) is 3. The molecule has 1 atom stereocenters. The van der Waals surface area contributed by atoms with Gasteiger partial charge in [0.1, 0.15) is 11.6 Å². The normalized spacial score (nSPS) is 12.1. The molecule has 1 unspecified atom stereocenters. The molecule has 0 aliphatic heterocycles. The fourth-order valence-electron chi connectivity index (χ4n) is 1.52. The van der Waals surface area contributed by atoms with E-state index < -0.39 is 0 Å². The molecule has 0 aliphatic rings. The number of pyridine rings is 1. The lowest BCUT2D eigenvalue weighted by Crippen LogP contribution is -2.15. The minimum Gasteiger partial charge on any atom is -0.492 e. The summed E-state index contributed by atoms with van der Waals surface area (Å²) in [5, 5.41) is 0. The van der Waals surface area contributed by atoms with E-state index in [-0.39, 0.29) is 6.04 Å². The summed E-state index contributed by atoms with van der Waals surface area (Å²) in [6.45, 7) is 2.73. The molecule has 5 nitrogen and oxygen atoms in total. The Balaban J connectivity index is 2.17. The van der Waals surface area contributed by atoms with Gasteiger partial charge in [-0.15, -0.1) is 0 Å². The van der Waals surface area contributed by atoms with Crippen LogP contribution in [-0.4, -0.2) is 21.6 Å². The van der Waals surface area contributed by atoms with Crippen molar-refractivity contribution in [2.24, 2.45) is 5.73 Å². The van der Waals surface area contributed by atoms with Gasteiger partial charge in [-0.25, -0.2) is 9.97 Å². The van der Waals surface area contributed by atoms with Gasteiger partial charge in [0.25, 0.3) is 0 Å². The highest BCUT2D eigenvalue weighted by Crippen LogP contribution is 2.19. The van der Waals surface area contributed by atoms with Crippen molar-refractivity contribution in [3.63, 3.8) is 0 Å². The minimum atomic E-state index is -0.385. The van der Waals surface area contributed by atoms with E-state index >= 15 is 0 Å². The van der Waals surface area contributed by atoms with Crippen molar-refractivity contribution >= 4 is 0 Å². The first kappa shape index (κ1) is 12.4. The molecule has 2 aromatic rings. The molecule has 0 saturated carbocycles. The second kappa shape index (κ2) is 6.07. The third-order valence-corrected chi connectivity index (χ3v) is 2.43. The first-order valence-corrected chi connectivity index (χ1v) is 5.91. The highest BCUT2D eigenvalue weighted by Gasteiger charge is 2.12. The second-order valence-corrected chi connectivity index (χ2v) is 3.89. The molecule has 0 fully saturated rings. The summed E-state index contributed by atoms with van der Waals surface area (Å²) < 4.78 is 5.52. The predicted molar refractivity (Wildman–Crippen MR) is 68.1 cm³/mol. The Labute approximate surface area is 106 Å². The first-order chi connectivity index (χ1) is 8.81. The van der Waals surface area contributed by atoms with Gasteiger partial charge < -0.3 is 10.5 Å². The summed E-state index contributed by atoms with van der Waals surface area (Å²) in [6.07, 6.45) is 7.69. The van der Waals surface area contributed by atoms with E-state index in [4.69, 9.17) is 10.5 Å². The Kier molecular flexibility index (Phi) is 4.20. The molecule has 0 spiro atoms. The number of aromatic nitrogens is 3. The quantitative estimate of drug-likeness (QED) is 0.866. The molecule has 0 saturated heterocycles. The lowest BCUT2D eigenvalue weighted by Gasteiger charge is -2.11. The van der Waals surface area contributed by atoms with Crippen molar-refractivity contribution in [1.82, 2.24) is 15.0 Å². The standard InChI is InChI=1S/C13H16N4O/c1-2-6-18-11-7-10(8-15-9-11)12(14)13-16-4-3-5-17-13/h3-5,7-9,12H,2,6,14H2,1H3. The topological polar surface area (TPSA) is 73.9 Å². The van der Waals surface area contributed by atoms with Gasteiger partial charge in [-0.2, -0.15) is 0 Å². The average Bonchev–Trinajstić information content (AvgIpc) is 2.45. The maximum atomic E-state index is 6.09. The lowest BCUT2D eigenvalue weighted by atomic mass is 10.1. The van der Waals surface area contributed by atoms with Crippen molar-refractivity contribution in [2.45, 2.75) is 19.4 Å². The third-order valence-electron chi connectivity index (χ3n) is 2.43. The molecule has 2 aromatic heterocycles. The Morgan fingerprint density at radius 3 is 2.78 bits per heavy atom. The summed E-state index contributed by atoms with van der Waals surface area (Å²) in [5.74, 6) is 1.30. The maximum absolute atomic E-state index is 6.09. The van der Waals surface area contributed by atoms with Crippen molar-refractivity contribution in [2.75, 3.05) is 6.61 Å². The van der Waals surface area contributed by atoms with E-state index in [0.717, 1.165) is 17.7 Å². The molecular formula is C13H16N4O. The van der Waals surface area contributed by atoms with E-state index in [2.05, 4.69) is 21.9 Å². The Morgan fingerprint density at radius 1 is 1.28 bits per heavy atom. The summed E-state index contributed by atoms with van der Waals surface area (Å²) in [4.78, 5) is 12.4. The number of ether oxygens (including phenoxy) is 1. The van der Waals surface area contributed by atoms with Crippen LogP contribution in [0.25, 0.3) is 0 Å². The summed E-state index contributed by atoms with van der Waals surface area (Å²) in [6, 6.07) is 3.25. The van der Waals surface area contributed by atoms with E-state index in [1.165, 1.54) is 0 Å². The largest absolute Gasteiger partial charge is 0.492 e. The van der Waals surface area contributed by atoms with Crippen LogP contribution >= 0.6 is 0 Å². The molecule has 0 amide bonds. The zero-order valence-electron chi connectivity index (χ0n) is 10.3. The molecule has 0 radical (unpaired) electrons. The molecule has 2 N–H and O–H groups in total. The van der Waals surface area contributed by atoms with E-state index in [9.17, 15) is 0 Å². The molecule has 18 heavy (non-hydrogen) atoms. The number of hydrogen-bond donors (Lipinski definition) is 1. The van der Waals surface area contributed by atoms with Crippen molar-refractivity contribution in [1.29, 1.82) is 0 Å². The third kappa shape index (κ3) is 3.01. The molecular weight excluding hydrogens is 228 g/mol. The summed E-state index contributed by atoms with van der Waals surface area (Å²) >= 11 is 0. The molecule has 2 rings (SSSR count). The van der Waals surface area contributed by atoms with E-state index in [0.29, 0.717) is 12.4 Å². The van der Waals surface area contributed by atoms with Crippen molar-refractivity contribution in [3.05, 3.63) is 48.3 Å². The van der Waals surface area contributed by atoms with Gasteiger partial charge in [0, 0.05) is 18.6 Å². The molecule has 94 valence electrons. The summed E-state index contributed by atoms with van der Waals surface area (Å²) in [5.41, 5.74) is 6.94. The van der Waals surface area contributed by atoms with Crippen molar-refractivity contribution in [3.8, 4) is 5.75 Å². The average molecular weight is 244 g/mol. The van der Waals surface area contributed by atoms with Crippen LogP contribution in [0.15, 0.2) is 36.9 Å². The number of nitrogens with two attached hydrogens (primary N) is 1. The first-order valence-electron chi connectivity index (χ1n) is 5.91. The second-order valence-electron chi connectivity index (χ2n) is 3.89. The number of hydrogen-bond acceptors (Lipinski definition) is 5. The SMILES string of the molecule is CCCOc1cncc(C(N)c2ncccn2)c1. The van der Waals surface area contributed by atoms with Crippen LogP contribution in [0.4, 0.5) is 0 Å². The van der Waals surface area contributed by atoms with Crippen LogP contribution in [0.5, 0.6) is 5.75 Å². The highest BCUT2D eigenvalue weighted by atomic mass is 16.5. The molecule has 0 aromatic carbocycles. The molecule has 0 bridgehead atoms. The van der Waals surface area contributed by atoms with E-state index in [1.54, 1.807) is 30.9 Å². The lowest BCUT2D eigenvalue weighted by molar-refractivity contribution is 0.315. The zero-order valence-corrected chi connectivity index (χ0v) is 10.3. The molecule has 5 heteroatoms. The van der Waals surface area contributed by atoms with Crippen LogP contribution in [0.2, 0.25) is 0 Å². The van der Waals surface area contributed by atoms with Crippen LogP contribution in [0.3, 0.4) is 0 Å². The van der Waals surface area contributed by atoms with Gasteiger partial charge in [-0.1, -0.05) is 6.92 Å². The fraction of sp³-hybridized carbons (Fsp3) is 0.308. The van der Waals surface area contributed by atoms with Gasteiger partial charge in [0.2, 0.25) is 0 Å². The monoisotopic (exact) mass is 244 g/mol. The minimum absolute atomic E-state index is 0.385. The van der Waals surface area contributed by atoms with Crippen LogP contribution in [-0.2, 0) is 0 Å². The van der Waals surface area contributed by atoms with Gasteiger partial charge in [-0.3, -0.25) is 4.98 Å². The van der Waals surface area contributed by atoms with E-state index in [1.807, 2.05) is 6.07 Å². The Hall–Kier alpha value is -2.01. The predicted octanol–water partition coefficient (Wildman–Crippen LogP) is 1.71. The summed E-state index contributed by atoms with van der Waals surface area (Å²) in [7, 11) is 0. The van der Waals surface area contributed by atoms with Gasteiger partial charge >= 0.3 is 0 Å². The van der Waals surface area contributed by atoms with Crippen LogP contribution in [0, 0.1) is 0 Å². The molecule has 0 aliphatic carbocycles.